The normalized spacial score (nSPS) is 14.9. The van der Waals surface area contributed by atoms with E-state index in [9.17, 15) is 24.9 Å². The molecule has 0 aliphatic rings. The number of hydrogen-bond donors (Lipinski definition) is 3. The molecule has 3 N–H and O–H groups in total. The Labute approximate surface area is 191 Å². The lowest BCUT2D eigenvalue weighted by atomic mass is 9.69. The molecule has 0 fully saturated rings. The largest absolute Gasteiger partial charge is 0.506 e. The molecule has 1 aromatic heterocycles. The van der Waals surface area contributed by atoms with Gasteiger partial charge in [0.2, 0.25) is 0 Å². The van der Waals surface area contributed by atoms with Gasteiger partial charge in [-0.25, -0.2) is 0 Å². The van der Waals surface area contributed by atoms with E-state index in [1.807, 2.05) is 27.7 Å². The van der Waals surface area contributed by atoms with E-state index >= 15 is 0 Å². The van der Waals surface area contributed by atoms with E-state index in [4.69, 9.17) is 12.8 Å². The Balaban J connectivity index is 3.70. The highest BCUT2D eigenvalue weighted by Gasteiger charge is 2.43. The van der Waals surface area contributed by atoms with Gasteiger partial charge >= 0.3 is 11.9 Å². The second-order valence-corrected chi connectivity index (χ2v) is 9.68. The number of terminal acetylenes is 2. The fourth-order valence-electron chi connectivity index (χ4n) is 4.58. The summed E-state index contributed by atoms with van der Waals surface area (Å²) in [4.78, 5) is 29.0. The Morgan fingerprint density at radius 2 is 1.41 bits per heavy atom. The summed E-state index contributed by atoms with van der Waals surface area (Å²) in [7, 11) is 0. The topological polar surface area (TPSA) is 108 Å². The lowest BCUT2D eigenvalue weighted by Gasteiger charge is -2.33. The number of aromatic nitrogens is 1. The summed E-state index contributed by atoms with van der Waals surface area (Å²) in [5, 5.41) is 31.1. The van der Waals surface area contributed by atoms with Crippen molar-refractivity contribution >= 4 is 11.9 Å². The minimum absolute atomic E-state index is 0.00894. The molecule has 32 heavy (non-hydrogen) atoms. The van der Waals surface area contributed by atoms with Gasteiger partial charge in [0.15, 0.2) is 0 Å². The summed E-state index contributed by atoms with van der Waals surface area (Å²) in [5.41, 5.74) is -1.34. The highest BCUT2D eigenvalue weighted by molar-refractivity contribution is 5.77. The van der Waals surface area contributed by atoms with Crippen molar-refractivity contribution in [3.05, 3.63) is 23.0 Å². The number of carboxylic acid groups (broad SMARTS) is 2. The molecule has 0 bridgehead atoms. The average molecular weight is 442 g/mol. The van der Waals surface area contributed by atoms with Crippen molar-refractivity contribution in [3.8, 4) is 30.4 Å². The van der Waals surface area contributed by atoms with Crippen LogP contribution in [-0.4, -0.2) is 32.2 Å². The van der Waals surface area contributed by atoms with E-state index in [-0.39, 0.29) is 43.3 Å². The molecule has 2 atom stereocenters. The second-order valence-electron chi connectivity index (χ2n) is 9.68. The third-order valence-electron chi connectivity index (χ3n) is 5.86. The van der Waals surface area contributed by atoms with Crippen LogP contribution in [0.5, 0.6) is 5.75 Å². The molecule has 174 valence electrons. The molecule has 0 saturated heterocycles. The quantitative estimate of drug-likeness (QED) is 0.413. The molecule has 0 aromatic carbocycles. The van der Waals surface area contributed by atoms with Crippen molar-refractivity contribution in [3.63, 3.8) is 0 Å². The van der Waals surface area contributed by atoms with E-state index in [1.54, 1.807) is 6.92 Å². The molecule has 0 saturated carbocycles. The first-order valence-electron chi connectivity index (χ1n) is 10.8. The first-order chi connectivity index (χ1) is 14.8. The molecular formula is C26H35NO5. The van der Waals surface area contributed by atoms with E-state index in [2.05, 4.69) is 16.8 Å². The number of pyridine rings is 1. The summed E-state index contributed by atoms with van der Waals surface area (Å²) in [6.45, 7) is 9.29. The highest BCUT2D eigenvalue weighted by Crippen LogP contribution is 2.42. The molecule has 0 aliphatic heterocycles. The number of hydrogen-bond acceptors (Lipinski definition) is 4. The second kappa shape index (κ2) is 11.0. The van der Waals surface area contributed by atoms with Gasteiger partial charge in [-0.1, -0.05) is 27.7 Å². The molecular weight excluding hydrogens is 406 g/mol. The van der Waals surface area contributed by atoms with Crippen LogP contribution < -0.4 is 0 Å². The summed E-state index contributed by atoms with van der Waals surface area (Å²) < 4.78 is 0. The zero-order valence-corrected chi connectivity index (χ0v) is 19.7. The van der Waals surface area contributed by atoms with Gasteiger partial charge in [-0.3, -0.25) is 14.6 Å². The predicted octanol–water partition coefficient (Wildman–Crippen LogP) is 4.46. The van der Waals surface area contributed by atoms with Crippen LogP contribution in [0.3, 0.4) is 0 Å². The summed E-state index contributed by atoms with van der Waals surface area (Å²) in [6, 6.07) is 0. The summed E-state index contributed by atoms with van der Waals surface area (Å²) >= 11 is 0. The summed E-state index contributed by atoms with van der Waals surface area (Å²) in [6.07, 6.45) is 13.2. The van der Waals surface area contributed by atoms with Crippen LogP contribution in [0.25, 0.3) is 0 Å². The molecule has 2 unspecified atom stereocenters. The number of nitrogens with zero attached hydrogens (tertiary/aromatic N) is 1. The van der Waals surface area contributed by atoms with Crippen molar-refractivity contribution in [2.24, 2.45) is 22.7 Å². The van der Waals surface area contributed by atoms with Crippen LogP contribution in [0.15, 0.2) is 6.20 Å². The molecule has 0 radical (unpaired) electrons. The standard InChI is InChI=1S/C26H35NO5/c1-8-10-25(23(29)30,12-17(3)4)14-20-16-27-19(7)22(28)21(20)15-26(11-9-2,24(31)32)13-18(5)6/h1-2,16-18,28H,10-15H2,3-7H3,(H,29,30)(H,31,32). The highest BCUT2D eigenvalue weighted by atomic mass is 16.4. The molecule has 1 heterocycles. The minimum Gasteiger partial charge on any atom is -0.506 e. The number of rotatable bonds is 12. The van der Waals surface area contributed by atoms with Crippen molar-refractivity contribution in [1.29, 1.82) is 0 Å². The molecule has 6 nitrogen and oxygen atoms in total. The fourth-order valence-corrected chi connectivity index (χ4v) is 4.58. The lowest BCUT2D eigenvalue weighted by Crippen LogP contribution is -2.37. The molecule has 0 aliphatic carbocycles. The summed E-state index contributed by atoms with van der Waals surface area (Å²) in [5.74, 6) is 2.90. The Morgan fingerprint density at radius 1 is 0.969 bits per heavy atom. The van der Waals surface area contributed by atoms with Gasteiger partial charge < -0.3 is 15.3 Å². The Morgan fingerprint density at radius 3 is 1.78 bits per heavy atom. The van der Waals surface area contributed by atoms with Crippen molar-refractivity contribution in [2.45, 2.75) is 73.1 Å². The van der Waals surface area contributed by atoms with Gasteiger partial charge in [0.25, 0.3) is 0 Å². The number of carbonyl (C=O) groups is 2. The minimum atomic E-state index is -1.29. The maximum atomic E-state index is 12.4. The van der Waals surface area contributed by atoms with Gasteiger partial charge in [-0.15, -0.1) is 24.7 Å². The maximum absolute atomic E-state index is 12.4. The van der Waals surface area contributed by atoms with Crippen molar-refractivity contribution < 1.29 is 24.9 Å². The number of carboxylic acids is 2. The Bertz CT molecular complexity index is 921. The van der Waals surface area contributed by atoms with Gasteiger partial charge in [0.1, 0.15) is 5.75 Å². The Hall–Kier alpha value is -2.99. The van der Waals surface area contributed by atoms with Crippen LogP contribution in [0, 0.1) is 54.3 Å². The van der Waals surface area contributed by atoms with Gasteiger partial charge in [-0.05, 0) is 50.0 Å². The first kappa shape index (κ1) is 27.0. The van der Waals surface area contributed by atoms with Crippen molar-refractivity contribution in [1.82, 2.24) is 4.98 Å². The van der Waals surface area contributed by atoms with E-state index in [0.29, 0.717) is 29.7 Å². The van der Waals surface area contributed by atoms with Gasteiger partial charge in [-0.2, -0.15) is 0 Å². The zero-order valence-electron chi connectivity index (χ0n) is 19.7. The molecule has 6 heteroatoms. The molecule has 0 spiro atoms. The van der Waals surface area contributed by atoms with Crippen LogP contribution in [0.2, 0.25) is 0 Å². The molecule has 0 amide bonds. The Kier molecular flexibility index (Phi) is 9.34. The predicted molar refractivity (Wildman–Crippen MR) is 124 cm³/mol. The third kappa shape index (κ3) is 6.26. The average Bonchev–Trinajstić information content (AvgIpc) is 2.66. The van der Waals surface area contributed by atoms with Crippen LogP contribution in [0.1, 0.15) is 70.2 Å². The van der Waals surface area contributed by atoms with Crippen molar-refractivity contribution in [2.75, 3.05) is 0 Å². The number of aliphatic carboxylic acids is 2. The first-order valence-corrected chi connectivity index (χ1v) is 10.8. The molecule has 1 rings (SSSR count). The van der Waals surface area contributed by atoms with E-state index < -0.39 is 22.8 Å². The van der Waals surface area contributed by atoms with E-state index in [0.717, 1.165) is 0 Å². The smallest absolute Gasteiger partial charge is 0.310 e. The lowest BCUT2D eigenvalue weighted by molar-refractivity contribution is -0.151. The zero-order chi connectivity index (χ0) is 24.7. The van der Waals surface area contributed by atoms with E-state index in [1.165, 1.54) is 6.20 Å². The SMILES string of the molecule is C#CCC(Cc1cnc(C)c(O)c1CC(CC#C)(CC(C)C)C(=O)O)(CC(C)C)C(=O)O. The monoisotopic (exact) mass is 441 g/mol. The maximum Gasteiger partial charge on any atom is 0.310 e. The fraction of sp³-hybridized carbons (Fsp3) is 0.577. The van der Waals surface area contributed by atoms with Crippen LogP contribution >= 0.6 is 0 Å². The van der Waals surface area contributed by atoms with Gasteiger partial charge in [0, 0.05) is 24.6 Å². The van der Waals surface area contributed by atoms with Crippen LogP contribution in [-0.2, 0) is 22.4 Å². The van der Waals surface area contributed by atoms with Gasteiger partial charge in [0.05, 0.1) is 16.5 Å². The third-order valence-corrected chi connectivity index (χ3v) is 5.86. The molecule has 1 aromatic rings. The number of aromatic hydroxyl groups is 1. The van der Waals surface area contributed by atoms with Crippen LogP contribution in [0.4, 0.5) is 0 Å². The number of aryl methyl sites for hydroxylation is 1.